The predicted molar refractivity (Wildman–Crippen MR) is 73.1 cm³/mol. The van der Waals surface area contributed by atoms with E-state index in [1.807, 2.05) is 0 Å². The summed E-state index contributed by atoms with van der Waals surface area (Å²) in [5.41, 5.74) is 0.618. The molecule has 0 atom stereocenters. The molecule has 0 unspecified atom stereocenters. The Labute approximate surface area is 111 Å². The Morgan fingerprint density at radius 3 is 2.67 bits per heavy atom. The van der Waals surface area contributed by atoms with Crippen LogP contribution in [0.15, 0.2) is 18.2 Å². The molecule has 0 amide bonds. The average Bonchev–Trinajstić information content (AvgIpc) is 2.23. The summed E-state index contributed by atoms with van der Waals surface area (Å²) in [6.07, 6.45) is 2.16. The SMILES string of the molecule is CC(C)C1CC(Nc2ccc(Cl)cc2[N+](=O)[O-])C1. The van der Waals surface area contributed by atoms with E-state index < -0.39 is 4.92 Å². The molecule has 1 aliphatic carbocycles. The van der Waals surface area contributed by atoms with Crippen LogP contribution in [0.2, 0.25) is 5.02 Å². The second-order valence-electron chi connectivity index (χ2n) is 5.24. The second kappa shape index (κ2) is 5.14. The molecular weight excluding hydrogens is 252 g/mol. The van der Waals surface area contributed by atoms with Crippen LogP contribution in [0, 0.1) is 22.0 Å². The minimum atomic E-state index is -0.396. The highest BCUT2D eigenvalue weighted by atomic mass is 35.5. The van der Waals surface area contributed by atoms with Gasteiger partial charge in [0.1, 0.15) is 5.69 Å². The Hall–Kier alpha value is -1.29. The van der Waals surface area contributed by atoms with E-state index in [1.165, 1.54) is 6.07 Å². The molecular formula is C13H17ClN2O2. The summed E-state index contributed by atoms with van der Waals surface area (Å²) in [6, 6.07) is 5.10. The number of anilines is 1. The zero-order valence-corrected chi connectivity index (χ0v) is 11.3. The number of nitrogens with one attached hydrogen (secondary N) is 1. The Bertz CT molecular complexity index is 456. The lowest BCUT2D eigenvalue weighted by Crippen LogP contribution is -2.38. The van der Waals surface area contributed by atoms with Crippen molar-refractivity contribution in [3.05, 3.63) is 33.3 Å². The number of nitrogens with zero attached hydrogens (tertiary/aromatic N) is 1. The van der Waals surface area contributed by atoms with Crippen LogP contribution in [0.4, 0.5) is 11.4 Å². The van der Waals surface area contributed by atoms with Crippen LogP contribution in [0.25, 0.3) is 0 Å². The standard InChI is InChI=1S/C13H17ClN2O2/c1-8(2)9-5-11(6-9)15-12-4-3-10(14)7-13(12)16(17)18/h3-4,7-9,11,15H,5-6H2,1-2H3. The summed E-state index contributed by atoms with van der Waals surface area (Å²) in [7, 11) is 0. The number of rotatable bonds is 4. The van der Waals surface area contributed by atoms with Crippen molar-refractivity contribution in [2.45, 2.75) is 32.7 Å². The predicted octanol–water partition coefficient (Wildman–Crippen LogP) is 4.09. The fourth-order valence-corrected chi connectivity index (χ4v) is 2.49. The third kappa shape index (κ3) is 2.75. The molecule has 18 heavy (non-hydrogen) atoms. The zero-order valence-electron chi connectivity index (χ0n) is 10.5. The van der Waals surface area contributed by atoms with Gasteiger partial charge in [0.15, 0.2) is 0 Å². The number of hydrogen-bond acceptors (Lipinski definition) is 3. The average molecular weight is 269 g/mol. The first-order chi connectivity index (χ1) is 8.47. The van der Waals surface area contributed by atoms with Gasteiger partial charge in [-0.2, -0.15) is 0 Å². The highest BCUT2D eigenvalue weighted by molar-refractivity contribution is 6.30. The largest absolute Gasteiger partial charge is 0.377 e. The maximum Gasteiger partial charge on any atom is 0.293 e. The van der Waals surface area contributed by atoms with E-state index in [2.05, 4.69) is 19.2 Å². The van der Waals surface area contributed by atoms with E-state index in [0.717, 1.165) is 18.8 Å². The summed E-state index contributed by atoms with van der Waals surface area (Å²) in [4.78, 5) is 10.5. The highest BCUT2D eigenvalue weighted by Crippen LogP contribution is 2.37. The van der Waals surface area contributed by atoms with Crippen LogP contribution in [0.3, 0.4) is 0 Å². The van der Waals surface area contributed by atoms with Crippen molar-refractivity contribution >= 4 is 23.0 Å². The number of nitro benzene ring substituents is 1. The van der Waals surface area contributed by atoms with E-state index in [1.54, 1.807) is 12.1 Å². The summed E-state index contributed by atoms with van der Waals surface area (Å²) in [5.74, 6) is 1.41. The lowest BCUT2D eigenvalue weighted by molar-refractivity contribution is -0.384. The van der Waals surface area contributed by atoms with Gasteiger partial charge in [-0.05, 0) is 36.8 Å². The van der Waals surface area contributed by atoms with Crippen molar-refractivity contribution in [1.29, 1.82) is 0 Å². The molecule has 1 aromatic rings. The van der Waals surface area contributed by atoms with Crippen LogP contribution in [-0.4, -0.2) is 11.0 Å². The van der Waals surface area contributed by atoms with Crippen molar-refractivity contribution in [3.8, 4) is 0 Å². The van der Waals surface area contributed by atoms with Crippen LogP contribution in [-0.2, 0) is 0 Å². The first-order valence-corrected chi connectivity index (χ1v) is 6.55. The third-order valence-corrected chi connectivity index (χ3v) is 3.87. The molecule has 0 saturated heterocycles. The fourth-order valence-electron chi connectivity index (χ4n) is 2.32. The lowest BCUT2D eigenvalue weighted by Gasteiger charge is -2.38. The van der Waals surface area contributed by atoms with Crippen molar-refractivity contribution in [1.82, 2.24) is 0 Å². The third-order valence-electron chi connectivity index (χ3n) is 3.63. The molecule has 0 heterocycles. The minimum absolute atomic E-state index is 0.0514. The Morgan fingerprint density at radius 1 is 1.44 bits per heavy atom. The van der Waals surface area contributed by atoms with E-state index >= 15 is 0 Å². The molecule has 0 bridgehead atoms. The van der Waals surface area contributed by atoms with Gasteiger partial charge in [0.05, 0.1) is 4.92 Å². The smallest absolute Gasteiger partial charge is 0.293 e. The van der Waals surface area contributed by atoms with Crippen LogP contribution in [0.1, 0.15) is 26.7 Å². The maximum absolute atomic E-state index is 10.9. The molecule has 0 aliphatic heterocycles. The molecule has 1 aliphatic rings. The fraction of sp³-hybridized carbons (Fsp3) is 0.538. The molecule has 1 fully saturated rings. The first-order valence-electron chi connectivity index (χ1n) is 6.18. The molecule has 1 aromatic carbocycles. The Balaban J connectivity index is 2.04. The van der Waals surface area contributed by atoms with E-state index in [-0.39, 0.29) is 5.69 Å². The van der Waals surface area contributed by atoms with Gasteiger partial charge in [-0.25, -0.2) is 0 Å². The first kappa shape index (κ1) is 13.1. The van der Waals surface area contributed by atoms with Gasteiger partial charge in [0.25, 0.3) is 5.69 Å². The monoisotopic (exact) mass is 268 g/mol. The summed E-state index contributed by atoms with van der Waals surface area (Å²) in [6.45, 7) is 4.43. The lowest BCUT2D eigenvalue weighted by atomic mass is 9.73. The number of nitro groups is 1. The molecule has 0 aromatic heterocycles. The Morgan fingerprint density at radius 2 is 2.11 bits per heavy atom. The summed E-state index contributed by atoms with van der Waals surface area (Å²) >= 11 is 5.78. The Kier molecular flexibility index (Phi) is 3.76. The van der Waals surface area contributed by atoms with Gasteiger partial charge in [0.2, 0.25) is 0 Å². The number of halogens is 1. The van der Waals surface area contributed by atoms with Crippen molar-refractivity contribution < 1.29 is 4.92 Å². The molecule has 0 spiro atoms. The van der Waals surface area contributed by atoms with Gasteiger partial charge >= 0.3 is 0 Å². The zero-order chi connectivity index (χ0) is 13.3. The van der Waals surface area contributed by atoms with Crippen molar-refractivity contribution in [2.24, 2.45) is 11.8 Å². The van der Waals surface area contributed by atoms with Crippen molar-refractivity contribution in [2.75, 3.05) is 5.32 Å². The van der Waals surface area contributed by atoms with Crippen molar-refractivity contribution in [3.63, 3.8) is 0 Å². The molecule has 2 rings (SSSR count). The summed E-state index contributed by atoms with van der Waals surface area (Å²) in [5, 5.41) is 14.6. The highest BCUT2D eigenvalue weighted by Gasteiger charge is 2.32. The van der Waals surface area contributed by atoms with Crippen LogP contribution < -0.4 is 5.32 Å². The molecule has 5 heteroatoms. The second-order valence-corrected chi connectivity index (χ2v) is 5.67. The van der Waals surface area contributed by atoms with Gasteiger partial charge in [-0.1, -0.05) is 25.4 Å². The van der Waals surface area contributed by atoms with Gasteiger partial charge in [-0.3, -0.25) is 10.1 Å². The van der Waals surface area contributed by atoms with Gasteiger partial charge in [0, 0.05) is 17.1 Å². The molecule has 1 N–H and O–H groups in total. The maximum atomic E-state index is 10.9. The van der Waals surface area contributed by atoms with E-state index in [9.17, 15) is 10.1 Å². The molecule has 4 nitrogen and oxygen atoms in total. The van der Waals surface area contributed by atoms with Crippen LogP contribution in [0.5, 0.6) is 0 Å². The van der Waals surface area contributed by atoms with E-state index in [4.69, 9.17) is 11.6 Å². The minimum Gasteiger partial charge on any atom is -0.377 e. The quantitative estimate of drug-likeness (QED) is 0.661. The molecule has 1 saturated carbocycles. The van der Waals surface area contributed by atoms with Gasteiger partial charge < -0.3 is 5.32 Å². The molecule has 98 valence electrons. The number of hydrogen-bond donors (Lipinski definition) is 1. The van der Waals surface area contributed by atoms with E-state index in [0.29, 0.717) is 22.7 Å². The van der Waals surface area contributed by atoms with Crippen LogP contribution >= 0.6 is 11.6 Å². The normalized spacial score (nSPS) is 22.7. The molecule has 0 radical (unpaired) electrons. The topological polar surface area (TPSA) is 55.2 Å². The van der Waals surface area contributed by atoms with Gasteiger partial charge in [-0.15, -0.1) is 0 Å². The number of benzene rings is 1. The summed E-state index contributed by atoms with van der Waals surface area (Å²) < 4.78 is 0.